The van der Waals surface area contributed by atoms with Gasteiger partial charge in [0.1, 0.15) is 0 Å². The van der Waals surface area contributed by atoms with Crippen LogP contribution in [0.5, 0.6) is 0 Å². The average Bonchev–Trinajstić information content (AvgIpc) is 2.49. The topological polar surface area (TPSA) is 33.1 Å². The number of fused-ring (bicyclic) bond motifs is 1. The van der Waals surface area contributed by atoms with Gasteiger partial charge in [0, 0.05) is 0 Å². The fourth-order valence-electron chi connectivity index (χ4n) is 2.21. The molecule has 2 nitrogen and oxygen atoms in total. The Morgan fingerprint density at radius 3 is 2.81 bits per heavy atom. The Labute approximate surface area is 96.3 Å². The molecule has 0 radical (unpaired) electrons. The molecule has 1 aliphatic carbocycles. The summed E-state index contributed by atoms with van der Waals surface area (Å²) in [5.74, 6) is 0. The number of hydrogen-bond donors (Lipinski definition) is 1. The number of aliphatic hydroxyl groups is 1. The summed E-state index contributed by atoms with van der Waals surface area (Å²) in [6.07, 6.45) is 7.08. The van der Waals surface area contributed by atoms with E-state index in [-0.39, 0.29) is 0 Å². The lowest BCUT2D eigenvalue weighted by atomic mass is 10.0. The Bertz CT molecular complexity index is 423. The van der Waals surface area contributed by atoms with E-state index in [9.17, 15) is 5.11 Å². The fraction of sp³-hybridized carbons (Fsp3) is 0.357. The molecule has 0 bridgehead atoms. The van der Waals surface area contributed by atoms with Gasteiger partial charge in [-0.3, -0.25) is 0 Å². The van der Waals surface area contributed by atoms with Crippen LogP contribution in [0.2, 0.25) is 0 Å². The predicted molar refractivity (Wildman–Crippen MR) is 66.9 cm³/mol. The second kappa shape index (κ2) is 4.62. The van der Waals surface area contributed by atoms with Crippen molar-refractivity contribution in [1.82, 2.24) is 4.98 Å². The molecule has 0 amide bonds. The maximum atomic E-state index is 10.0. The van der Waals surface area contributed by atoms with Crippen LogP contribution in [-0.2, 0) is 6.42 Å². The van der Waals surface area contributed by atoms with Crippen molar-refractivity contribution >= 4 is 12.2 Å². The van der Waals surface area contributed by atoms with Crippen LogP contribution < -0.4 is 0 Å². The number of aryl methyl sites for hydroxylation is 1. The first-order chi connectivity index (χ1) is 7.76. The first kappa shape index (κ1) is 11.1. The molecule has 0 saturated carbocycles. The number of rotatable bonds is 2. The predicted octanol–water partition coefficient (Wildman–Crippen LogP) is 3.13. The van der Waals surface area contributed by atoms with Gasteiger partial charge in [0.25, 0.3) is 0 Å². The molecule has 0 aliphatic heterocycles. The third-order valence-electron chi connectivity index (χ3n) is 3.10. The summed E-state index contributed by atoms with van der Waals surface area (Å²) < 4.78 is 0. The molecule has 1 aliphatic rings. The summed E-state index contributed by atoms with van der Waals surface area (Å²) in [7, 11) is 0. The lowest BCUT2D eigenvalue weighted by molar-refractivity contribution is 0.162. The SMILES string of the molecule is C=Cc1cc2c(nc1C=C)C(O)CCCC2. The second-order valence-corrected chi connectivity index (χ2v) is 4.18. The minimum Gasteiger partial charge on any atom is -0.387 e. The van der Waals surface area contributed by atoms with Gasteiger partial charge in [-0.15, -0.1) is 0 Å². The molecule has 1 aromatic heterocycles. The fourth-order valence-corrected chi connectivity index (χ4v) is 2.21. The van der Waals surface area contributed by atoms with E-state index in [1.807, 2.05) is 0 Å². The number of aliphatic hydroxyl groups excluding tert-OH is 1. The third kappa shape index (κ3) is 1.93. The minimum absolute atomic E-state index is 0.421. The van der Waals surface area contributed by atoms with Crippen LogP contribution in [0.3, 0.4) is 0 Å². The van der Waals surface area contributed by atoms with Crippen molar-refractivity contribution in [2.45, 2.75) is 31.8 Å². The van der Waals surface area contributed by atoms with Crippen molar-refractivity contribution < 1.29 is 5.11 Å². The molecule has 84 valence electrons. The van der Waals surface area contributed by atoms with Gasteiger partial charge in [0.05, 0.1) is 17.5 Å². The highest BCUT2D eigenvalue weighted by atomic mass is 16.3. The van der Waals surface area contributed by atoms with E-state index in [2.05, 4.69) is 24.2 Å². The molecule has 2 heteroatoms. The molecule has 0 aromatic carbocycles. The molecule has 1 unspecified atom stereocenters. The summed E-state index contributed by atoms with van der Waals surface area (Å²) in [6.45, 7) is 7.53. The van der Waals surface area contributed by atoms with Gasteiger partial charge >= 0.3 is 0 Å². The number of nitrogens with zero attached hydrogens (tertiary/aromatic N) is 1. The highest BCUT2D eigenvalue weighted by Gasteiger charge is 2.19. The minimum atomic E-state index is -0.421. The average molecular weight is 215 g/mol. The molecule has 1 atom stereocenters. The van der Waals surface area contributed by atoms with Crippen LogP contribution >= 0.6 is 0 Å². The van der Waals surface area contributed by atoms with Gasteiger partial charge in [0.2, 0.25) is 0 Å². The van der Waals surface area contributed by atoms with Crippen LogP contribution in [0.25, 0.3) is 12.2 Å². The summed E-state index contributed by atoms with van der Waals surface area (Å²) in [5.41, 5.74) is 3.81. The van der Waals surface area contributed by atoms with Crippen LogP contribution in [0, 0.1) is 0 Å². The lowest BCUT2D eigenvalue weighted by Gasteiger charge is -2.13. The van der Waals surface area contributed by atoms with Crippen LogP contribution in [0.15, 0.2) is 19.2 Å². The Morgan fingerprint density at radius 1 is 1.31 bits per heavy atom. The summed E-state index contributed by atoms with van der Waals surface area (Å²) in [6, 6.07) is 2.08. The molecular formula is C14H17NO. The zero-order valence-corrected chi connectivity index (χ0v) is 9.45. The van der Waals surface area contributed by atoms with Gasteiger partial charge in [-0.1, -0.05) is 25.7 Å². The van der Waals surface area contributed by atoms with Gasteiger partial charge in [-0.05, 0) is 42.5 Å². The molecular weight excluding hydrogens is 198 g/mol. The van der Waals surface area contributed by atoms with Crippen molar-refractivity contribution in [2.75, 3.05) is 0 Å². The zero-order valence-electron chi connectivity index (χ0n) is 9.45. The summed E-state index contributed by atoms with van der Waals surface area (Å²) >= 11 is 0. The van der Waals surface area contributed by atoms with Crippen LogP contribution in [0.4, 0.5) is 0 Å². The smallest absolute Gasteiger partial charge is 0.0962 e. The quantitative estimate of drug-likeness (QED) is 0.769. The van der Waals surface area contributed by atoms with E-state index < -0.39 is 6.10 Å². The van der Waals surface area contributed by atoms with Crippen molar-refractivity contribution in [3.63, 3.8) is 0 Å². The van der Waals surface area contributed by atoms with Crippen molar-refractivity contribution in [3.05, 3.63) is 41.7 Å². The third-order valence-corrected chi connectivity index (χ3v) is 3.10. The highest BCUT2D eigenvalue weighted by molar-refractivity contribution is 5.61. The van der Waals surface area contributed by atoms with Gasteiger partial charge in [-0.25, -0.2) is 4.98 Å². The first-order valence-electron chi connectivity index (χ1n) is 5.73. The maximum Gasteiger partial charge on any atom is 0.0962 e. The molecule has 1 aromatic rings. The van der Waals surface area contributed by atoms with Gasteiger partial charge < -0.3 is 5.11 Å². The van der Waals surface area contributed by atoms with E-state index in [0.717, 1.165) is 48.2 Å². The Kier molecular flexibility index (Phi) is 3.20. The van der Waals surface area contributed by atoms with Gasteiger partial charge in [0.15, 0.2) is 0 Å². The number of pyridine rings is 1. The van der Waals surface area contributed by atoms with E-state index in [1.54, 1.807) is 12.2 Å². The van der Waals surface area contributed by atoms with Crippen molar-refractivity contribution in [3.8, 4) is 0 Å². The van der Waals surface area contributed by atoms with Crippen molar-refractivity contribution in [1.29, 1.82) is 0 Å². The normalized spacial score (nSPS) is 19.7. The molecule has 0 saturated heterocycles. The molecule has 0 spiro atoms. The van der Waals surface area contributed by atoms with E-state index >= 15 is 0 Å². The molecule has 1 heterocycles. The Balaban J connectivity index is 2.55. The molecule has 1 N–H and O–H groups in total. The Hall–Kier alpha value is -1.41. The van der Waals surface area contributed by atoms with Crippen LogP contribution in [0.1, 0.15) is 47.9 Å². The Morgan fingerprint density at radius 2 is 2.12 bits per heavy atom. The monoisotopic (exact) mass is 215 g/mol. The molecule has 2 rings (SSSR count). The van der Waals surface area contributed by atoms with E-state index in [0.29, 0.717) is 0 Å². The maximum absolute atomic E-state index is 10.0. The first-order valence-corrected chi connectivity index (χ1v) is 5.73. The lowest BCUT2D eigenvalue weighted by Crippen LogP contribution is -2.05. The summed E-state index contributed by atoms with van der Waals surface area (Å²) in [5, 5.41) is 10.0. The van der Waals surface area contributed by atoms with Crippen LogP contribution in [-0.4, -0.2) is 10.1 Å². The van der Waals surface area contributed by atoms with Gasteiger partial charge in [-0.2, -0.15) is 0 Å². The van der Waals surface area contributed by atoms with E-state index in [1.165, 1.54) is 0 Å². The molecule has 16 heavy (non-hydrogen) atoms. The number of aromatic nitrogens is 1. The number of hydrogen-bond acceptors (Lipinski definition) is 2. The largest absolute Gasteiger partial charge is 0.387 e. The zero-order chi connectivity index (χ0) is 11.5. The van der Waals surface area contributed by atoms with E-state index in [4.69, 9.17) is 0 Å². The summed E-state index contributed by atoms with van der Waals surface area (Å²) in [4.78, 5) is 4.50. The molecule has 0 fully saturated rings. The highest BCUT2D eigenvalue weighted by Crippen LogP contribution is 2.29. The van der Waals surface area contributed by atoms with Crippen molar-refractivity contribution in [2.24, 2.45) is 0 Å². The second-order valence-electron chi connectivity index (χ2n) is 4.18. The standard InChI is InChI=1S/C14H17NO/c1-3-10-9-11-7-5-6-8-13(16)14(11)15-12(10)4-2/h3-4,9,13,16H,1-2,5-8H2.